The second-order valence-corrected chi connectivity index (χ2v) is 32.3. The van der Waals surface area contributed by atoms with E-state index in [9.17, 15) is 0 Å². The van der Waals surface area contributed by atoms with Gasteiger partial charge in [-0.1, -0.05) is 166 Å². The Morgan fingerprint density at radius 1 is 0.325 bits per heavy atom. The monoisotopic (exact) mass is 1630 g/mol. The molecule has 21 rings (SSSR count). The molecule has 14 heteroatoms. The molecule has 1 fully saturated rings. The zero-order valence-corrected chi connectivity index (χ0v) is 68.8. The van der Waals surface area contributed by atoms with Crippen molar-refractivity contribution in [1.29, 1.82) is 0 Å². The molecule has 0 amide bonds. The molecule has 1 radical (unpaired) electrons. The Morgan fingerprint density at radius 3 is 0.895 bits per heavy atom. The molecule has 0 bridgehead atoms. The Balaban J connectivity index is 0.000000145. The summed E-state index contributed by atoms with van der Waals surface area (Å²) in [6.45, 7) is 15.1. The molecule has 0 aliphatic carbocycles. The molecule has 0 saturated carbocycles. The Kier molecular flexibility index (Phi) is 20.5. The van der Waals surface area contributed by atoms with Crippen molar-refractivity contribution in [2.24, 2.45) is 4.30 Å². The molecule has 114 heavy (non-hydrogen) atoms. The van der Waals surface area contributed by atoms with Crippen molar-refractivity contribution in [1.82, 2.24) is 18.3 Å². The minimum absolute atomic E-state index is 0.813. The molecule has 0 N–H and O–H groups in total. The summed E-state index contributed by atoms with van der Waals surface area (Å²) in [5, 5.41) is 9.92. The number of rotatable bonds is 12. The Morgan fingerprint density at radius 2 is 0.596 bits per heavy atom. The second-order valence-electron chi connectivity index (χ2n) is 30.2. The standard InChI is InChI=1S/C48H37Br2N3O.C48H39N3O.C4H8O.BHNS/c1-4-5-6-31-9-13-34(14-10-31)51-45-21-15-35(52-41-17-7-29(2)23-37(41)39-25-32(49)11-19-43(39)52)27-47(45)54-48-28-36(16-22-46(48)51)53-42-18-8-30(3)24-38(42)40-26-33(50)12-20-44(40)53;1-4-5-10-33-17-19-34(20-18-33)49-45-25-21-35(50-41-13-8-6-11-37(41)39-27-31(2)15-23-43(39)50)29-47(45)52-48-30-36(22-26-46(48)49)51-42-14-9-7-12-38(42)40-28-32(3)16-24-44(40)51;1-2-4-5-3-1;1-2-3/h7-28H,4-6H2,1-3H3;6-9,11-30H,4-5,10H2,1-3H3;1-4H2;3H. The van der Waals surface area contributed by atoms with Gasteiger partial charge >= 0.3 is 24.8 Å². The van der Waals surface area contributed by atoms with Crippen LogP contribution in [-0.2, 0) is 17.6 Å². The van der Waals surface area contributed by atoms with Crippen molar-refractivity contribution in [3.05, 3.63) is 321 Å². The summed E-state index contributed by atoms with van der Waals surface area (Å²) >= 11 is 10.6. The third-order valence-corrected chi connectivity index (χ3v) is 23.5. The van der Waals surface area contributed by atoms with E-state index >= 15 is 0 Å². The number of para-hydroxylation sites is 2. The van der Waals surface area contributed by atoms with E-state index in [1.807, 2.05) is 0 Å². The van der Waals surface area contributed by atoms with Gasteiger partial charge in [-0.25, -0.2) is 0 Å². The number of hydrogen-bond donors (Lipinski definition) is 1. The first-order valence-corrected chi connectivity index (χ1v) is 41.5. The topological polar surface area (TPSA) is 66.2 Å². The summed E-state index contributed by atoms with van der Waals surface area (Å²) in [7, 11) is 4.34. The zero-order chi connectivity index (χ0) is 77.8. The van der Waals surface area contributed by atoms with Crippen molar-refractivity contribution in [2.75, 3.05) is 23.0 Å². The SMILES string of the molecule is C1CCOC1.CCCCc1ccc(N2c3ccc(-n4c5ccc(C)cc5c5cc(Br)ccc54)cc3Oc3cc(-n4c5ccc(C)cc5c5cc(Br)ccc54)ccc32)cc1.CCCCc1ccc(N2c3ccc(-n4c5ccccc5c5cc(C)ccc54)cc3Oc3cc(-n4c5ccccc5c5cc(C)ccc54)ccc32)cc1.[B]=NS. The number of halogens is 2. The first-order valence-electron chi connectivity index (χ1n) is 39.6. The van der Waals surface area contributed by atoms with Crippen molar-refractivity contribution >= 4 is 174 Å². The molecular formula is C100H85BBr2N7O3S. The van der Waals surface area contributed by atoms with Crippen LogP contribution in [0.2, 0.25) is 0 Å². The van der Waals surface area contributed by atoms with Crippen LogP contribution >= 0.6 is 44.7 Å². The summed E-state index contributed by atoms with van der Waals surface area (Å²) in [4.78, 5) is 4.71. The predicted octanol–water partition coefficient (Wildman–Crippen LogP) is 29.3. The van der Waals surface area contributed by atoms with Gasteiger partial charge in [0.15, 0.2) is 23.0 Å². The van der Waals surface area contributed by atoms with Crippen LogP contribution in [0.5, 0.6) is 23.0 Å². The van der Waals surface area contributed by atoms with Crippen molar-refractivity contribution in [3.63, 3.8) is 0 Å². The van der Waals surface area contributed by atoms with Gasteiger partial charge < -0.3 is 42.3 Å². The zero-order valence-electron chi connectivity index (χ0n) is 64.8. The minimum atomic E-state index is 0.813. The van der Waals surface area contributed by atoms with Crippen LogP contribution in [0.3, 0.4) is 0 Å². The molecule has 4 aromatic heterocycles. The van der Waals surface area contributed by atoms with E-state index < -0.39 is 0 Å². The van der Waals surface area contributed by atoms with E-state index in [-0.39, 0.29) is 0 Å². The van der Waals surface area contributed by atoms with E-state index in [1.165, 1.54) is 148 Å². The van der Waals surface area contributed by atoms with Gasteiger partial charge in [-0.05, 0) is 247 Å². The first kappa shape index (κ1) is 74.1. The number of aromatic nitrogens is 4. The second kappa shape index (κ2) is 31.5. The van der Waals surface area contributed by atoms with Crippen molar-refractivity contribution in [3.8, 4) is 45.7 Å². The van der Waals surface area contributed by atoms with E-state index in [1.54, 1.807) is 0 Å². The van der Waals surface area contributed by atoms with Gasteiger partial charge in [-0.15, -0.1) is 0 Å². The number of thiol groups is 1. The van der Waals surface area contributed by atoms with Crippen LogP contribution < -0.4 is 19.3 Å². The summed E-state index contributed by atoms with van der Waals surface area (Å²) in [6, 6.07) is 102. The Bertz CT molecular complexity index is 6300. The van der Waals surface area contributed by atoms with Crippen LogP contribution in [0.4, 0.5) is 34.1 Å². The van der Waals surface area contributed by atoms with Crippen LogP contribution in [0.15, 0.2) is 292 Å². The van der Waals surface area contributed by atoms with Crippen LogP contribution in [0.25, 0.3) is 110 Å². The number of unbranched alkanes of at least 4 members (excludes halogenated alkanes) is 2. The molecule has 7 heterocycles. The molecule has 0 unspecified atom stereocenters. The molecule has 18 aromatic rings. The van der Waals surface area contributed by atoms with Crippen molar-refractivity contribution < 1.29 is 14.2 Å². The maximum atomic E-state index is 7.02. The third kappa shape index (κ3) is 13.7. The van der Waals surface area contributed by atoms with Gasteiger partial charge in [0.1, 0.15) is 0 Å². The summed E-state index contributed by atoms with van der Waals surface area (Å²) < 4.78 is 33.3. The predicted molar refractivity (Wildman–Crippen MR) is 489 cm³/mol. The summed E-state index contributed by atoms with van der Waals surface area (Å²) in [5.74, 6) is 3.28. The fourth-order valence-electron chi connectivity index (χ4n) is 17.1. The maximum absolute atomic E-state index is 7.02. The number of ether oxygens (including phenoxy) is 3. The van der Waals surface area contributed by atoms with Gasteiger partial charge in [0.25, 0.3) is 0 Å². The number of nitrogens with zero attached hydrogens (tertiary/aromatic N) is 7. The Hall–Kier alpha value is -11.4. The van der Waals surface area contributed by atoms with Gasteiger partial charge in [-0.2, -0.15) is 0 Å². The van der Waals surface area contributed by atoms with Crippen LogP contribution in [0, 0.1) is 27.7 Å². The van der Waals surface area contributed by atoms with Crippen LogP contribution in [-0.4, -0.2) is 39.1 Å². The van der Waals surface area contributed by atoms with Gasteiger partial charge in [0, 0.05) is 101 Å². The van der Waals surface area contributed by atoms with Crippen LogP contribution in [0.1, 0.15) is 85.8 Å². The van der Waals surface area contributed by atoms with Gasteiger partial charge in [0.05, 0.1) is 89.6 Å². The van der Waals surface area contributed by atoms with Crippen molar-refractivity contribution in [2.45, 2.75) is 92.9 Å². The normalized spacial score (nSPS) is 12.8. The molecule has 10 nitrogen and oxygen atoms in total. The molecule has 14 aromatic carbocycles. The van der Waals surface area contributed by atoms with E-state index in [2.05, 4.69) is 405 Å². The van der Waals surface area contributed by atoms with Gasteiger partial charge in [-0.3, -0.25) is 0 Å². The van der Waals surface area contributed by atoms with E-state index in [0.717, 1.165) is 126 Å². The number of hydrogen-bond acceptors (Lipinski definition) is 7. The summed E-state index contributed by atoms with van der Waals surface area (Å²) in [6.07, 6.45) is 9.49. The summed E-state index contributed by atoms with van der Waals surface area (Å²) in [5.41, 5.74) is 27.7. The molecule has 3 aliphatic rings. The quantitative estimate of drug-likeness (QED) is 0.0975. The third-order valence-electron chi connectivity index (χ3n) is 22.5. The molecule has 0 atom stereocenters. The number of aryl methyl sites for hydroxylation is 6. The number of fused-ring (bicyclic) bond motifs is 16. The molecular weight excluding hydrogens is 1550 g/mol. The Labute approximate surface area is 688 Å². The molecule has 561 valence electrons. The number of benzene rings is 14. The first-order chi connectivity index (χ1) is 55.8. The van der Waals surface area contributed by atoms with E-state index in [4.69, 9.17) is 14.2 Å². The fourth-order valence-corrected chi connectivity index (χ4v) is 17.8. The fraction of sp³-hybridized carbons (Fsp3) is 0.160. The van der Waals surface area contributed by atoms with E-state index in [0.29, 0.717) is 0 Å². The average Bonchev–Trinajstić information content (AvgIpc) is 1.19. The van der Waals surface area contributed by atoms with Gasteiger partial charge in [0.2, 0.25) is 0 Å². The molecule has 0 spiro atoms. The molecule has 3 aliphatic heterocycles. The number of anilines is 6. The average molecular weight is 1640 g/mol. The molecule has 1 saturated heterocycles.